The maximum Gasteiger partial charge on any atom is 0.257 e. The lowest BCUT2D eigenvalue weighted by molar-refractivity contribution is 0.0692. The van der Waals surface area contributed by atoms with Gasteiger partial charge in [0.25, 0.3) is 11.8 Å². The summed E-state index contributed by atoms with van der Waals surface area (Å²) in [7, 11) is -3.83. The first-order valence-electron chi connectivity index (χ1n) is 9.54. The monoisotopic (exact) mass is 473 g/mol. The number of piperazine rings is 1. The number of hydrogen-bond donors (Lipinski definition) is 1. The molecule has 12 heteroatoms. The largest absolute Gasteiger partial charge is 0.351 e. The summed E-state index contributed by atoms with van der Waals surface area (Å²) in [6, 6.07) is 4.86. The third-order valence-electron chi connectivity index (χ3n) is 4.90. The molecule has 1 saturated heterocycles. The number of hydrogen-bond acceptors (Lipinski definition) is 4. The van der Waals surface area contributed by atoms with Gasteiger partial charge in [-0.3, -0.25) is 9.59 Å². The van der Waals surface area contributed by atoms with Crippen molar-refractivity contribution in [2.24, 2.45) is 0 Å². The molecule has 1 aliphatic rings. The number of nitrogens with zero attached hydrogens (tertiary/aromatic N) is 2. The SMILES string of the molecule is O=C(NCCS(=O)(=O)N1CCN(C(=O)c2cc(F)ccc2F)CC1)c1cc(F)ccc1F. The smallest absolute Gasteiger partial charge is 0.257 e. The highest BCUT2D eigenvalue weighted by Crippen LogP contribution is 2.16. The second-order valence-electron chi connectivity index (χ2n) is 7.01. The fourth-order valence-corrected chi connectivity index (χ4v) is 4.53. The summed E-state index contributed by atoms with van der Waals surface area (Å²) in [6.07, 6.45) is 0. The van der Waals surface area contributed by atoms with Gasteiger partial charge in [0.2, 0.25) is 10.0 Å². The van der Waals surface area contributed by atoms with Crippen molar-refractivity contribution in [1.29, 1.82) is 0 Å². The predicted molar refractivity (Wildman–Crippen MR) is 106 cm³/mol. The van der Waals surface area contributed by atoms with Gasteiger partial charge in [0.1, 0.15) is 23.3 Å². The predicted octanol–water partition coefficient (Wildman–Crippen LogP) is 1.76. The highest BCUT2D eigenvalue weighted by molar-refractivity contribution is 7.89. The van der Waals surface area contributed by atoms with Crippen molar-refractivity contribution >= 4 is 21.8 Å². The van der Waals surface area contributed by atoms with Gasteiger partial charge in [-0.15, -0.1) is 0 Å². The summed E-state index contributed by atoms with van der Waals surface area (Å²) in [5, 5.41) is 2.23. The van der Waals surface area contributed by atoms with E-state index in [1.165, 1.54) is 4.90 Å². The van der Waals surface area contributed by atoms with Crippen molar-refractivity contribution in [2.45, 2.75) is 0 Å². The molecule has 3 rings (SSSR count). The third-order valence-corrected chi connectivity index (χ3v) is 6.77. The van der Waals surface area contributed by atoms with Crippen LogP contribution in [0.3, 0.4) is 0 Å². The van der Waals surface area contributed by atoms with Crippen molar-refractivity contribution in [3.63, 3.8) is 0 Å². The minimum Gasteiger partial charge on any atom is -0.351 e. The van der Waals surface area contributed by atoms with Gasteiger partial charge in [0.15, 0.2) is 0 Å². The van der Waals surface area contributed by atoms with Crippen molar-refractivity contribution < 1.29 is 35.6 Å². The zero-order valence-electron chi connectivity index (χ0n) is 16.7. The molecule has 0 aliphatic carbocycles. The minimum absolute atomic E-state index is 0.0329. The van der Waals surface area contributed by atoms with E-state index < -0.39 is 62.0 Å². The van der Waals surface area contributed by atoms with Crippen molar-refractivity contribution in [3.05, 3.63) is 70.8 Å². The van der Waals surface area contributed by atoms with E-state index in [0.29, 0.717) is 6.07 Å². The van der Waals surface area contributed by atoms with Crippen LogP contribution in [0.2, 0.25) is 0 Å². The van der Waals surface area contributed by atoms with Crippen LogP contribution in [0, 0.1) is 23.3 Å². The highest BCUT2D eigenvalue weighted by atomic mass is 32.2. The van der Waals surface area contributed by atoms with Gasteiger partial charge in [-0.25, -0.2) is 26.0 Å². The van der Waals surface area contributed by atoms with E-state index in [1.54, 1.807) is 0 Å². The Bertz CT molecular complexity index is 1140. The number of carbonyl (C=O) groups is 2. The van der Waals surface area contributed by atoms with Crippen molar-refractivity contribution in [1.82, 2.24) is 14.5 Å². The first kappa shape index (κ1) is 23.7. The maximum atomic E-state index is 13.8. The molecule has 1 N–H and O–H groups in total. The fraction of sp³-hybridized carbons (Fsp3) is 0.300. The summed E-state index contributed by atoms with van der Waals surface area (Å²) in [5.74, 6) is -5.60. The molecule has 1 aliphatic heterocycles. The molecule has 0 bridgehead atoms. The summed E-state index contributed by atoms with van der Waals surface area (Å²) < 4.78 is 80.0. The van der Waals surface area contributed by atoms with Crippen LogP contribution in [-0.4, -0.2) is 67.9 Å². The lowest BCUT2D eigenvalue weighted by Crippen LogP contribution is -2.51. The van der Waals surface area contributed by atoms with Crippen LogP contribution in [-0.2, 0) is 10.0 Å². The zero-order valence-corrected chi connectivity index (χ0v) is 17.5. The van der Waals surface area contributed by atoms with E-state index in [-0.39, 0.29) is 32.7 Å². The number of nitrogens with one attached hydrogen (secondary N) is 1. The van der Waals surface area contributed by atoms with Gasteiger partial charge >= 0.3 is 0 Å². The quantitative estimate of drug-likeness (QED) is 0.648. The second-order valence-corrected chi connectivity index (χ2v) is 9.10. The molecule has 7 nitrogen and oxygen atoms in total. The summed E-state index contributed by atoms with van der Waals surface area (Å²) in [4.78, 5) is 25.6. The van der Waals surface area contributed by atoms with E-state index in [2.05, 4.69) is 5.32 Å². The molecule has 1 fully saturated rings. The topological polar surface area (TPSA) is 86.8 Å². The van der Waals surface area contributed by atoms with Gasteiger partial charge in [0, 0.05) is 32.7 Å². The molecule has 172 valence electrons. The molecule has 2 aromatic carbocycles. The van der Waals surface area contributed by atoms with Crippen LogP contribution in [0.25, 0.3) is 0 Å². The zero-order chi connectivity index (χ0) is 23.5. The van der Waals surface area contributed by atoms with Crippen LogP contribution in [0.5, 0.6) is 0 Å². The molecule has 0 aromatic heterocycles. The van der Waals surface area contributed by atoms with Crippen LogP contribution < -0.4 is 5.32 Å². The van der Waals surface area contributed by atoms with Gasteiger partial charge in [-0.2, -0.15) is 4.31 Å². The molecular formula is C20H19F4N3O4S. The molecule has 2 aromatic rings. The first-order valence-corrected chi connectivity index (χ1v) is 11.1. The molecule has 0 saturated carbocycles. The number of amides is 2. The van der Waals surface area contributed by atoms with Gasteiger partial charge in [-0.05, 0) is 36.4 Å². The Hall–Kier alpha value is -2.99. The highest BCUT2D eigenvalue weighted by Gasteiger charge is 2.30. The minimum atomic E-state index is -3.83. The third kappa shape index (κ3) is 5.43. The molecular weight excluding hydrogens is 454 g/mol. The summed E-state index contributed by atoms with van der Waals surface area (Å²) in [5.41, 5.74) is -0.979. The van der Waals surface area contributed by atoms with Crippen molar-refractivity contribution in [2.75, 3.05) is 38.5 Å². The number of sulfonamides is 1. The molecule has 0 spiro atoms. The Balaban J connectivity index is 1.53. The Labute approximate surface area is 181 Å². The number of carbonyl (C=O) groups excluding carboxylic acids is 2. The normalized spacial score (nSPS) is 14.9. The average Bonchev–Trinajstić information content (AvgIpc) is 2.76. The molecule has 2 amide bonds. The molecule has 0 unspecified atom stereocenters. The Morgan fingerprint density at radius 2 is 1.38 bits per heavy atom. The fourth-order valence-electron chi connectivity index (χ4n) is 3.19. The van der Waals surface area contributed by atoms with Gasteiger partial charge < -0.3 is 10.2 Å². The Morgan fingerprint density at radius 3 is 1.97 bits per heavy atom. The van der Waals surface area contributed by atoms with E-state index >= 15 is 0 Å². The average molecular weight is 473 g/mol. The lowest BCUT2D eigenvalue weighted by atomic mass is 10.1. The van der Waals surface area contributed by atoms with Gasteiger partial charge in [-0.1, -0.05) is 0 Å². The number of benzene rings is 2. The van der Waals surface area contributed by atoms with E-state index in [9.17, 15) is 35.6 Å². The molecule has 0 atom stereocenters. The van der Waals surface area contributed by atoms with E-state index in [1.807, 2.05) is 0 Å². The van der Waals surface area contributed by atoms with Crippen LogP contribution >= 0.6 is 0 Å². The van der Waals surface area contributed by atoms with Crippen LogP contribution in [0.4, 0.5) is 17.6 Å². The standard InChI is InChI=1S/C20H19F4N3O4S/c21-13-1-3-17(23)15(11-13)19(28)25-5-10-32(30,31)27-8-6-26(7-9-27)20(29)16-12-14(22)2-4-18(16)24/h1-4,11-12H,5-10H2,(H,25,28). The number of halogens is 4. The van der Waals surface area contributed by atoms with Crippen molar-refractivity contribution in [3.8, 4) is 0 Å². The summed E-state index contributed by atoms with van der Waals surface area (Å²) >= 11 is 0. The Kier molecular flexibility index (Phi) is 7.14. The molecule has 32 heavy (non-hydrogen) atoms. The van der Waals surface area contributed by atoms with E-state index in [4.69, 9.17) is 0 Å². The summed E-state index contributed by atoms with van der Waals surface area (Å²) in [6.45, 7) is -0.552. The van der Waals surface area contributed by atoms with E-state index in [0.717, 1.165) is 34.6 Å². The Morgan fingerprint density at radius 1 is 0.844 bits per heavy atom. The van der Waals surface area contributed by atoms with Gasteiger partial charge in [0.05, 0.1) is 16.9 Å². The number of rotatable bonds is 6. The lowest BCUT2D eigenvalue weighted by Gasteiger charge is -2.34. The first-order chi connectivity index (χ1) is 15.1. The van der Waals surface area contributed by atoms with Crippen LogP contribution in [0.15, 0.2) is 36.4 Å². The maximum absolute atomic E-state index is 13.8. The van der Waals surface area contributed by atoms with Crippen LogP contribution in [0.1, 0.15) is 20.7 Å². The molecule has 0 radical (unpaired) electrons. The second kappa shape index (κ2) is 9.65. The molecule has 1 heterocycles.